The fourth-order valence-electron chi connectivity index (χ4n) is 3.20. The van der Waals surface area contributed by atoms with Gasteiger partial charge in [-0.2, -0.15) is 0 Å². The van der Waals surface area contributed by atoms with Crippen LogP contribution in [-0.4, -0.2) is 18.8 Å². The predicted molar refractivity (Wildman–Crippen MR) is 74.5 cm³/mol. The summed E-state index contributed by atoms with van der Waals surface area (Å²) < 4.78 is 0. The highest BCUT2D eigenvalue weighted by atomic mass is 32.2. The summed E-state index contributed by atoms with van der Waals surface area (Å²) in [6.45, 7) is 1.22. The molecule has 1 N–H and O–H groups in total. The Morgan fingerprint density at radius 3 is 2.76 bits per heavy atom. The number of hydrogen-bond acceptors (Lipinski definition) is 2. The van der Waals surface area contributed by atoms with E-state index in [2.05, 4.69) is 48.4 Å². The Bertz CT molecular complexity index is 365. The van der Waals surface area contributed by atoms with E-state index in [4.69, 9.17) is 0 Å². The third-order valence-corrected chi connectivity index (χ3v) is 5.67. The maximum atomic E-state index is 3.33. The lowest BCUT2D eigenvalue weighted by Gasteiger charge is -2.38. The van der Waals surface area contributed by atoms with Gasteiger partial charge in [0.2, 0.25) is 0 Å². The molecule has 3 atom stereocenters. The van der Waals surface area contributed by atoms with Crippen molar-refractivity contribution in [2.24, 2.45) is 11.8 Å². The molecule has 1 aromatic rings. The van der Waals surface area contributed by atoms with E-state index >= 15 is 0 Å². The molecule has 1 aliphatic heterocycles. The Morgan fingerprint density at radius 2 is 2.06 bits per heavy atom. The highest BCUT2D eigenvalue weighted by molar-refractivity contribution is 8.00. The van der Waals surface area contributed by atoms with Gasteiger partial charge in [-0.1, -0.05) is 18.2 Å². The van der Waals surface area contributed by atoms with Crippen LogP contribution in [0.2, 0.25) is 0 Å². The van der Waals surface area contributed by atoms with E-state index < -0.39 is 0 Å². The van der Waals surface area contributed by atoms with Gasteiger partial charge in [0, 0.05) is 10.1 Å². The largest absolute Gasteiger partial charge is 0.319 e. The van der Waals surface area contributed by atoms with Gasteiger partial charge in [-0.15, -0.1) is 11.8 Å². The molecular formula is C15H21NS. The van der Waals surface area contributed by atoms with Crippen molar-refractivity contribution in [1.29, 1.82) is 0 Å². The van der Waals surface area contributed by atoms with E-state index in [-0.39, 0.29) is 0 Å². The minimum atomic E-state index is 0.844. The van der Waals surface area contributed by atoms with Gasteiger partial charge < -0.3 is 5.32 Å². The van der Waals surface area contributed by atoms with Crippen molar-refractivity contribution in [3.63, 3.8) is 0 Å². The summed E-state index contributed by atoms with van der Waals surface area (Å²) in [5, 5.41) is 4.18. The Hall–Kier alpha value is -0.470. The molecule has 17 heavy (non-hydrogen) atoms. The first-order chi connectivity index (χ1) is 8.36. The number of thioether (sulfide) groups is 1. The van der Waals surface area contributed by atoms with Crippen molar-refractivity contribution in [1.82, 2.24) is 5.32 Å². The minimum absolute atomic E-state index is 0.844. The van der Waals surface area contributed by atoms with Crippen molar-refractivity contribution < 1.29 is 0 Å². The van der Waals surface area contributed by atoms with Gasteiger partial charge in [0.05, 0.1) is 0 Å². The Kier molecular flexibility index (Phi) is 3.44. The average molecular weight is 247 g/mol. The van der Waals surface area contributed by atoms with Crippen molar-refractivity contribution in [2.45, 2.75) is 35.8 Å². The molecule has 3 rings (SSSR count). The topological polar surface area (TPSA) is 12.0 Å². The first kappa shape index (κ1) is 11.6. The Morgan fingerprint density at radius 1 is 1.24 bits per heavy atom. The summed E-state index contributed by atoms with van der Waals surface area (Å²) in [5.74, 6) is 1.93. The van der Waals surface area contributed by atoms with Crippen LogP contribution >= 0.6 is 11.8 Å². The number of hydrogen-bond donors (Lipinski definition) is 1. The first-order valence-electron chi connectivity index (χ1n) is 6.76. The van der Waals surface area contributed by atoms with Crippen molar-refractivity contribution >= 4 is 11.8 Å². The van der Waals surface area contributed by atoms with Crippen LogP contribution in [0.15, 0.2) is 29.2 Å². The fourth-order valence-corrected chi connectivity index (χ4v) is 4.63. The van der Waals surface area contributed by atoms with E-state index in [1.165, 1.54) is 37.1 Å². The molecule has 1 fully saturated rings. The van der Waals surface area contributed by atoms with Gasteiger partial charge in [-0.05, 0) is 62.7 Å². The van der Waals surface area contributed by atoms with E-state index in [0.29, 0.717) is 0 Å². The second kappa shape index (κ2) is 5.03. The third kappa shape index (κ3) is 2.38. The summed E-state index contributed by atoms with van der Waals surface area (Å²) in [5.41, 5.74) is 1.58. The van der Waals surface area contributed by atoms with E-state index in [9.17, 15) is 0 Å². The highest BCUT2D eigenvalue weighted by Crippen LogP contribution is 2.45. The van der Waals surface area contributed by atoms with Gasteiger partial charge in [0.15, 0.2) is 0 Å². The molecule has 0 aromatic heterocycles. The summed E-state index contributed by atoms with van der Waals surface area (Å²) in [7, 11) is 2.08. The molecule has 92 valence electrons. The van der Waals surface area contributed by atoms with Gasteiger partial charge in [-0.3, -0.25) is 0 Å². The van der Waals surface area contributed by atoms with Crippen LogP contribution in [0, 0.1) is 11.8 Å². The second-order valence-corrected chi connectivity index (χ2v) is 6.78. The molecule has 2 heteroatoms. The second-order valence-electron chi connectivity index (χ2n) is 5.44. The molecule has 2 aliphatic rings. The standard InChI is InChI=1S/C15H21NS/c1-16-10-13-7-6-11(13)8-14-9-12-4-2-3-5-15(12)17-14/h2-5,11,13-14,16H,6-10H2,1H3. The number of fused-ring (bicyclic) bond motifs is 1. The van der Waals surface area contributed by atoms with E-state index in [0.717, 1.165) is 17.1 Å². The lowest BCUT2D eigenvalue weighted by molar-refractivity contribution is 0.162. The van der Waals surface area contributed by atoms with Gasteiger partial charge >= 0.3 is 0 Å². The maximum Gasteiger partial charge on any atom is 0.0138 e. The van der Waals surface area contributed by atoms with Gasteiger partial charge in [0.1, 0.15) is 0 Å². The Labute approximate surface area is 108 Å². The average Bonchev–Trinajstić information content (AvgIpc) is 2.74. The summed E-state index contributed by atoms with van der Waals surface area (Å²) >= 11 is 2.11. The smallest absolute Gasteiger partial charge is 0.0138 e. The molecule has 1 saturated carbocycles. The molecular weight excluding hydrogens is 226 g/mol. The SMILES string of the molecule is CNCC1CCC1CC1Cc2ccccc2S1. The van der Waals surface area contributed by atoms with Crippen LogP contribution in [0.4, 0.5) is 0 Å². The zero-order chi connectivity index (χ0) is 11.7. The highest BCUT2D eigenvalue weighted by Gasteiger charge is 2.34. The molecule has 0 spiro atoms. The fraction of sp³-hybridized carbons (Fsp3) is 0.600. The maximum absolute atomic E-state index is 3.33. The zero-order valence-corrected chi connectivity index (χ0v) is 11.3. The quantitative estimate of drug-likeness (QED) is 0.876. The molecule has 3 unspecified atom stereocenters. The molecule has 0 saturated heterocycles. The van der Waals surface area contributed by atoms with Crippen LogP contribution in [0.3, 0.4) is 0 Å². The Balaban J connectivity index is 1.55. The van der Waals surface area contributed by atoms with Crippen molar-refractivity contribution in [3.05, 3.63) is 29.8 Å². The lowest BCUT2D eigenvalue weighted by Crippen LogP contribution is -2.35. The van der Waals surface area contributed by atoms with Gasteiger partial charge in [-0.25, -0.2) is 0 Å². The normalized spacial score (nSPS) is 31.0. The lowest BCUT2D eigenvalue weighted by atomic mass is 9.71. The molecule has 1 nitrogen and oxygen atoms in total. The van der Waals surface area contributed by atoms with Crippen molar-refractivity contribution in [3.8, 4) is 0 Å². The van der Waals surface area contributed by atoms with E-state index in [1.807, 2.05) is 0 Å². The van der Waals surface area contributed by atoms with Crippen LogP contribution < -0.4 is 5.32 Å². The molecule has 0 radical (unpaired) electrons. The summed E-state index contributed by atoms with van der Waals surface area (Å²) in [6, 6.07) is 8.93. The predicted octanol–water partition coefficient (Wildman–Crippen LogP) is 3.34. The van der Waals surface area contributed by atoms with Crippen LogP contribution in [0.25, 0.3) is 0 Å². The zero-order valence-electron chi connectivity index (χ0n) is 10.5. The number of benzene rings is 1. The number of rotatable bonds is 4. The minimum Gasteiger partial charge on any atom is -0.319 e. The molecule has 0 amide bonds. The summed E-state index contributed by atoms with van der Waals surface area (Å²) in [6.07, 6.45) is 5.62. The van der Waals surface area contributed by atoms with Crippen LogP contribution in [-0.2, 0) is 6.42 Å². The molecule has 1 aromatic carbocycles. The monoisotopic (exact) mass is 247 g/mol. The third-order valence-electron chi connectivity index (χ3n) is 4.32. The van der Waals surface area contributed by atoms with Crippen LogP contribution in [0.5, 0.6) is 0 Å². The van der Waals surface area contributed by atoms with Crippen LogP contribution in [0.1, 0.15) is 24.8 Å². The van der Waals surface area contributed by atoms with Gasteiger partial charge in [0.25, 0.3) is 0 Å². The first-order valence-corrected chi connectivity index (χ1v) is 7.64. The van der Waals surface area contributed by atoms with Crippen molar-refractivity contribution in [2.75, 3.05) is 13.6 Å². The van der Waals surface area contributed by atoms with E-state index in [1.54, 1.807) is 5.56 Å². The molecule has 1 heterocycles. The summed E-state index contributed by atoms with van der Waals surface area (Å²) in [4.78, 5) is 1.53. The molecule has 1 aliphatic carbocycles. The molecule has 0 bridgehead atoms. The number of nitrogens with one attached hydrogen (secondary N) is 1.